The van der Waals surface area contributed by atoms with Crippen molar-refractivity contribution >= 4 is 46.9 Å². The predicted octanol–water partition coefficient (Wildman–Crippen LogP) is 3.48. The fourth-order valence-corrected chi connectivity index (χ4v) is 2.09. The highest BCUT2D eigenvalue weighted by atomic mass is 35.5. The van der Waals surface area contributed by atoms with Gasteiger partial charge in [0.25, 0.3) is 0 Å². The maximum absolute atomic E-state index is 11.8. The molecule has 0 aliphatic heterocycles. The number of nitrogens with zero attached hydrogens (tertiary/aromatic N) is 1. The monoisotopic (exact) mass is 379 g/mol. The second-order valence-electron chi connectivity index (χ2n) is 4.78. The fourth-order valence-electron chi connectivity index (χ4n) is 1.79. The van der Waals surface area contributed by atoms with E-state index in [2.05, 4.69) is 15.8 Å². The predicted molar refractivity (Wildman–Crippen MR) is 98.4 cm³/mol. The number of hydrogen-bond donors (Lipinski definition) is 2. The van der Waals surface area contributed by atoms with Crippen LogP contribution in [0.5, 0.6) is 5.75 Å². The Morgan fingerprint density at radius 2 is 1.80 bits per heavy atom. The van der Waals surface area contributed by atoms with E-state index < -0.39 is 11.8 Å². The second-order valence-corrected chi connectivity index (χ2v) is 5.60. The topological polar surface area (TPSA) is 79.8 Å². The summed E-state index contributed by atoms with van der Waals surface area (Å²) < 4.78 is 5.32. The number of benzene rings is 2. The lowest BCUT2D eigenvalue weighted by atomic mass is 10.2. The highest BCUT2D eigenvalue weighted by molar-refractivity contribution is 6.42. The van der Waals surface area contributed by atoms with Crippen molar-refractivity contribution in [3.8, 4) is 5.75 Å². The minimum Gasteiger partial charge on any atom is -0.494 e. The van der Waals surface area contributed by atoms with E-state index in [0.717, 1.165) is 11.3 Å². The Kier molecular flexibility index (Phi) is 6.80. The zero-order chi connectivity index (χ0) is 18.2. The summed E-state index contributed by atoms with van der Waals surface area (Å²) in [7, 11) is 0. The van der Waals surface area contributed by atoms with E-state index >= 15 is 0 Å². The minimum atomic E-state index is -0.909. The first-order valence-electron chi connectivity index (χ1n) is 7.32. The largest absolute Gasteiger partial charge is 0.494 e. The molecule has 0 saturated heterocycles. The van der Waals surface area contributed by atoms with Crippen molar-refractivity contribution in [2.75, 3.05) is 11.9 Å². The van der Waals surface area contributed by atoms with Crippen molar-refractivity contribution in [1.82, 2.24) is 5.43 Å². The van der Waals surface area contributed by atoms with Gasteiger partial charge < -0.3 is 10.1 Å². The molecule has 2 aromatic carbocycles. The lowest BCUT2D eigenvalue weighted by Gasteiger charge is -2.05. The third-order valence-electron chi connectivity index (χ3n) is 2.95. The maximum Gasteiger partial charge on any atom is 0.329 e. The normalized spacial score (nSPS) is 10.5. The number of carbonyl (C=O) groups excluding carboxylic acids is 2. The minimum absolute atomic E-state index is 0.272. The molecule has 0 radical (unpaired) electrons. The average Bonchev–Trinajstić information content (AvgIpc) is 2.60. The number of ether oxygens (including phenoxy) is 1. The van der Waals surface area contributed by atoms with Crippen molar-refractivity contribution in [3.63, 3.8) is 0 Å². The number of hydrazone groups is 1. The summed E-state index contributed by atoms with van der Waals surface area (Å²) >= 11 is 11.6. The second kappa shape index (κ2) is 9.05. The van der Waals surface area contributed by atoms with Crippen molar-refractivity contribution < 1.29 is 14.3 Å². The molecule has 25 heavy (non-hydrogen) atoms. The molecule has 0 spiro atoms. The summed E-state index contributed by atoms with van der Waals surface area (Å²) in [6.07, 6.45) is 1.42. The molecule has 2 rings (SSSR count). The van der Waals surface area contributed by atoms with E-state index in [1.165, 1.54) is 24.4 Å². The molecule has 130 valence electrons. The van der Waals surface area contributed by atoms with Gasteiger partial charge in [-0.05, 0) is 55.0 Å². The smallest absolute Gasteiger partial charge is 0.329 e. The van der Waals surface area contributed by atoms with Crippen LogP contribution in [-0.4, -0.2) is 24.6 Å². The van der Waals surface area contributed by atoms with E-state index in [1.54, 1.807) is 24.3 Å². The number of hydrogen-bond acceptors (Lipinski definition) is 4. The van der Waals surface area contributed by atoms with Gasteiger partial charge in [-0.25, -0.2) is 5.43 Å². The Hall–Kier alpha value is -2.57. The third-order valence-corrected chi connectivity index (χ3v) is 3.69. The van der Waals surface area contributed by atoms with Crippen molar-refractivity contribution in [1.29, 1.82) is 0 Å². The molecule has 0 bridgehead atoms. The molecule has 0 fully saturated rings. The molecule has 8 heteroatoms. The first-order chi connectivity index (χ1) is 12.0. The van der Waals surface area contributed by atoms with Crippen LogP contribution in [0.1, 0.15) is 12.5 Å². The Labute approximate surface area is 154 Å². The molecule has 2 amide bonds. The summed E-state index contributed by atoms with van der Waals surface area (Å²) in [4.78, 5) is 23.5. The number of nitrogens with one attached hydrogen (secondary N) is 2. The Morgan fingerprint density at radius 1 is 1.08 bits per heavy atom. The van der Waals surface area contributed by atoms with Crippen LogP contribution in [-0.2, 0) is 9.59 Å². The third kappa shape index (κ3) is 5.77. The molecule has 2 aromatic rings. The maximum atomic E-state index is 11.8. The van der Waals surface area contributed by atoms with E-state index in [4.69, 9.17) is 27.9 Å². The number of anilines is 1. The van der Waals surface area contributed by atoms with Crippen LogP contribution < -0.4 is 15.5 Å². The zero-order valence-corrected chi connectivity index (χ0v) is 14.8. The number of amides is 2. The van der Waals surface area contributed by atoms with Crippen LogP contribution >= 0.6 is 23.2 Å². The molecule has 6 nitrogen and oxygen atoms in total. The summed E-state index contributed by atoms with van der Waals surface area (Å²) in [6, 6.07) is 11.6. The number of halogens is 2. The van der Waals surface area contributed by atoms with Gasteiger partial charge >= 0.3 is 11.8 Å². The van der Waals surface area contributed by atoms with Crippen LogP contribution in [0.4, 0.5) is 5.69 Å². The first kappa shape index (κ1) is 18.8. The zero-order valence-electron chi connectivity index (χ0n) is 13.3. The first-order valence-corrected chi connectivity index (χ1v) is 8.07. The Bertz CT molecular complexity index is 792. The Balaban J connectivity index is 1.88. The van der Waals surface area contributed by atoms with Crippen molar-refractivity contribution in [2.45, 2.75) is 6.92 Å². The molecule has 0 aliphatic carbocycles. The van der Waals surface area contributed by atoms with E-state index in [9.17, 15) is 9.59 Å². The van der Waals surface area contributed by atoms with Crippen LogP contribution in [0.25, 0.3) is 0 Å². The number of rotatable bonds is 5. The van der Waals surface area contributed by atoms with Gasteiger partial charge in [-0.1, -0.05) is 23.2 Å². The lowest BCUT2D eigenvalue weighted by molar-refractivity contribution is -0.136. The highest BCUT2D eigenvalue weighted by Crippen LogP contribution is 2.24. The number of carbonyl (C=O) groups is 2. The van der Waals surface area contributed by atoms with Crippen molar-refractivity contribution in [3.05, 3.63) is 58.1 Å². The fraction of sp³-hybridized carbons (Fsp3) is 0.118. The van der Waals surface area contributed by atoms with Gasteiger partial charge in [0.1, 0.15) is 5.75 Å². The summed E-state index contributed by atoms with van der Waals surface area (Å²) in [5.74, 6) is -1.04. The van der Waals surface area contributed by atoms with Crippen LogP contribution in [0.2, 0.25) is 10.0 Å². The summed E-state index contributed by atoms with van der Waals surface area (Å²) in [5, 5.41) is 6.76. The van der Waals surface area contributed by atoms with Gasteiger partial charge in [0, 0.05) is 5.69 Å². The van der Waals surface area contributed by atoms with E-state index in [0.29, 0.717) is 17.3 Å². The molecular weight excluding hydrogens is 365 g/mol. The molecule has 0 atom stereocenters. The van der Waals surface area contributed by atoms with E-state index in [-0.39, 0.29) is 5.02 Å². The van der Waals surface area contributed by atoms with Crippen molar-refractivity contribution in [2.24, 2.45) is 5.10 Å². The quantitative estimate of drug-likeness (QED) is 0.474. The SMILES string of the molecule is CCOc1ccc(C=NNC(=O)C(=O)Nc2ccc(Cl)c(Cl)c2)cc1. The Morgan fingerprint density at radius 3 is 2.44 bits per heavy atom. The van der Waals surface area contributed by atoms with E-state index in [1.807, 2.05) is 6.92 Å². The molecule has 0 unspecified atom stereocenters. The van der Waals surface area contributed by atoms with Gasteiger partial charge in [-0.15, -0.1) is 0 Å². The molecule has 0 saturated carbocycles. The molecular formula is C17H15Cl2N3O3. The van der Waals surface area contributed by atoms with Crippen LogP contribution in [0.3, 0.4) is 0 Å². The standard InChI is InChI=1S/C17H15Cl2N3O3/c1-2-25-13-6-3-11(4-7-13)10-20-22-17(24)16(23)21-12-5-8-14(18)15(19)9-12/h3-10H,2H2,1H3,(H,21,23)(H,22,24). The summed E-state index contributed by atoms with van der Waals surface area (Å²) in [5.41, 5.74) is 3.24. The molecule has 0 heterocycles. The summed E-state index contributed by atoms with van der Waals surface area (Å²) in [6.45, 7) is 2.48. The highest BCUT2D eigenvalue weighted by Gasteiger charge is 2.13. The van der Waals surface area contributed by atoms with Crippen LogP contribution in [0, 0.1) is 0 Å². The van der Waals surface area contributed by atoms with Gasteiger partial charge in [-0.3, -0.25) is 9.59 Å². The van der Waals surface area contributed by atoms with Gasteiger partial charge in [0.15, 0.2) is 0 Å². The molecule has 2 N–H and O–H groups in total. The lowest BCUT2D eigenvalue weighted by Crippen LogP contribution is -2.32. The van der Waals surface area contributed by atoms with Crippen LogP contribution in [0.15, 0.2) is 47.6 Å². The molecule has 0 aromatic heterocycles. The average molecular weight is 380 g/mol. The molecule has 0 aliphatic rings. The van der Waals surface area contributed by atoms with Gasteiger partial charge in [0.05, 0.1) is 22.9 Å². The van der Waals surface area contributed by atoms with Gasteiger partial charge in [-0.2, -0.15) is 5.10 Å². The van der Waals surface area contributed by atoms with Gasteiger partial charge in [0.2, 0.25) is 0 Å².